The second-order valence-corrected chi connectivity index (χ2v) is 3.48. The van der Waals surface area contributed by atoms with Gasteiger partial charge in [-0.15, -0.1) is 0 Å². The van der Waals surface area contributed by atoms with Gasteiger partial charge >= 0.3 is 0 Å². The van der Waals surface area contributed by atoms with Crippen LogP contribution in [-0.4, -0.2) is 18.4 Å². The Bertz CT molecular complexity index is 175. The highest BCUT2D eigenvalue weighted by Crippen LogP contribution is 2.06. The van der Waals surface area contributed by atoms with Crippen molar-refractivity contribution in [1.82, 2.24) is 5.32 Å². The molecule has 1 atom stereocenters. The molecule has 0 rings (SSSR count). The summed E-state index contributed by atoms with van der Waals surface area (Å²) in [6.07, 6.45) is 2.07. The Hall–Kier alpha value is -0.630. The number of carbonyl (C=O) groups excluding carboxylic acids is 1. The zero-order chi connectivity index (χ0) is 10.3. The lowest BCUT2D eigenvalue weighted by Crippen LogP contribution is -2.28. The van der Waals surface area contributed by atoms with Gasteiger partial charge in [-0.2, -0.15) is 0 Å². The molecule has 0 aromatic heterocycles. The smallest absolute Gasteiger partial charge is 0.138 e. The van der Waals surface area contributed by atoms with Crippen LogP contribution in [0.3, 0.4) is 0 Å². The summed E-state index contributed by atoms with van der Waals surface area (Å²) in [6, 6.07) is 0.294. The summed E-state index contributed by atoms with van der Waals surface area (Å²) in [7, 11) is 0. The van der Waals surface area contributed by atoms with Gasteiger partial charge in [0.2, 0.25) is 0 Å². The standard InChI is InChI=1S/C11H21NO/c1-5-9(3)7-11(13)8-10(4)12-6-2/h10,12H,3,5-8H2,1-2,4H3. The Morgan fingerprint density at radius 2 is 2.08 bits per heavy atom. The molecule has 0 bridgehead atoms. The van der Waals surface area contributed by atoms with E-state index in [1.54, 1.807) is 0 Å². The van der Waals surface area contributed by atoms with Crippen LogP contribution < -0.4 is 5.32 Å². The summed E-state index contributed by atoms with van der Waals surface area (Å²) in [6.45, 7) is 10.9. The third kappa shape index (κ3) is 6.52. The van der Waals surface area contributed by atoms with Crippen LogP contribution in [0.25, 0.3) is 0 Å². The molecule has 0 saturated heterocycles. The van der Waals surface area contributed by atoms with Crippen molar-refractivity contribution in [1.29, 1.82) is 0 Å². The Kier molecular flexibility index (Phi) is 6.51. The second-order valence-electron chi connectivity index (χ2n) is 3.48. The molecule has 0 aliphatic rings. The van der Waals surface area contributed by atoms with E-state index in [4.69, 9.17) is 0 Å². The van der Waals surface area contributed by atoms with Crippen molar-refractivity contribution in [2.75, 3.05) is 6.54 Å². The van der Waals surface area contributed by atoms with Gasteiger partial charge in [0, 0.05) is 18.9 Å². The van der Waals surface area contributed by atoms with Crippen LogP contribution >= 0.6 is 0 Å². The summed E-state index contributed by atoms with van der Waals surface area (Å²) >= 11 is 0. The number of hydrogen-bond donors (Lipinski definition) is 1. The Labute approximate surface area is 81.4 Å². The normalized spacial score (nSPS) is 12.5. The van der Waals surface area contributed by atoms with Crippen molar-refractivity contribution in [2.45, 2.75) is 46.1 Å². The van der Waals surface area contributed by atoms with Crippen molar-refractivity contribution in [3.05, 3.63) is 12.2 Å². The molecule has 0 aliphatic carbocycles. The van der Waals surface area contributed by atoms with Gasteiger partial charge in [-0.1, -0.05) is 26.0 Å². The minimum absolute atomic E-state index is 0.292. The summed E-state index contributed by atoms with van der Waals surface area (Å²) < 4.78 is 0. The van der Waals surface area contributed by atoms with E-state index in [-0.39, 0.29) is 0 Å². The van der Waals surface area contributed by atoms with Crippen LogP contribution in [0.15, 0.2) is 12.2 Å². The van der Waals surface area contributed by atoms with E-state index in [0.717, 1.165) is 18.5 Å². The molecule has 0 saturated carbocycles. The first kappa shape index (κ1) is 12.4. The van der Waals surface area contributed by atoms with Crippen molar-refractivity contribution in [3.8, 4) is 0 Å². The van der Waals surface area contributed by atoms with Gasteiger partial charge in [-0.3, -0.25) is 4.79 Å². The number of nitrogens with one attached hydrogen (secondary N) is 1. The molecule has 0 aromatic carbocycles. The largest absolute Gasteiger partial charge is 0.314 e. The summed E-state index contributed by atoms with van der Waals surface area (Å²) in [5.74, 6) is 0.292. The molecule has 2 heteroatoms. The van der Waals surface area contributed by atoms with E-state index < -0.39 is 0 Å². The molecule has 0 heterocycles. The van der Waals surface area contributed by atoms with Crippen LogP contribution in [0.4, 0.5) is 0 Å². The van der Waals surface area contributed by atoms with Crippen LogP contribution in [-0.2, 0) is 4.79 Å². The molecule has 2 nitrogen and oxygen atoms in total. The molecule has 1 unspecified atom stereocenters. The van der Waals surface area contributed by atoms with Crippen LogP contribution in [0, 0.1) is 0 Å². The fourth-order valence-corrected chi connectivity index (χ4v) is 1.24. The molecule has 13 heavy (non-hydrogen) atoms. The fraction of sp³-hybridized carbons (Fsp3) is 0.727. The molecule has 76 valence electrons. The van der Waals surface area contributed by atoms with Crippen molar-refractivity contribution >= 4 is 5.78 Å². The maximum Gasteiger partial charge on any atom is 0.138 e. The summed E-state index contributed by atoms with van der Waals surface area (Å²) in [4.78, 5) is 11.4. The molecule has 1 N–H and O–H groups in total. The molecule has 0 spiro atoms. The number of Topliss-reactive ketones (excluding diaryl/α,β-unsaturated/α-hetero) is 1. The average molecular weight is 183 g/mol. The van der Waals surface area contributed by atoms with Crippen LogP contribution in [0.1, 0.15) is 40.0 Å². The Morgan fingerprint density at radius 1 is 1.46 bits per heavy atom. The third-order valence-electron chi connectivity index (χ3n) is 2.03. The first-order valence-electron chi connectivity index (χ1n) is 5.01. The van der Waals surface area contributed by atoms with E-state index in [1.165, 1.54) is 0 Å². The minimum Gasteiger partial charge on any atom is -0.314 e. The molecule has 0 aliphatic heterocycles. The van der Waals surface area contributed by atoms with Gasteiger partial charge in [0.1, 0.15) is 5.78 Å². The van der Waals surface area contributed by atoms with Crippen molar-refractivity contribution in [3.63, 3.8) is 0 Å². The fourth-order valence-electron chi connectivity index (χ4n) is 1.24. The topological polar surface area (TPSA) is 29.1 Å². The zero-order valence-corrected chi connectivity index (χ0v) is 9.02. The van der Waals surface area contributed by atoms with E-state index in [2.05, 4.69) is 11.9 Å². The lowest BCUT2D eigenvalue weighted by atomic mass is 10.0. The number of hydrogen-bond acceptors (Lipinski definition) is 2. The van der Waals surface area contributed by atoms with Gasteiger partial charge < -0.3 is 5.32 Å². The third-order valence-corrected chi connectivity index (χ3v) is 2.03. The van der Waals surface area contributed by atoms with Gasteiger partial charge in [-0.05, 0) is 19.9 Å². The summed E-state index contributed by atoms with van der Waals surface area (Å²) in [5.41, 5.74) is 1.04. The number of allylic oxidation sites excluding steroid dienone is 1. The summed E-state index contributed by atoms with van der Waals surface area (Å²) in [5, 5.41) is 3.22. The predicted octanol–water partition coefficient (Wildman–Crippen LogP) is 2.30. The predicted molar refractivity (Wildman–Crippen MR) is 56.8 cm³/mol. The van der Waals surface area contributed by atoms with Gasteiger partial charge in [-0.25, -0.2) is 0 Å². The number of carbonyl (C=O) groups is 1. The van der Waals surface area contributed by atoms with Gasteiger partial charge in [0.25, 0.3) is 0 Å². The van der Waals surface area contributed by atoms with Gasteiger partial charge in [0.05, 0.1) is 0 Å². The maximum atomic E-state index is 11.4. The van der Waals surface area contributed by atoms with E-state index in [9.17, 15) is 4.79 Å². The van der Waals surface area contributed by atoms with E-state index >= 15 is 0 Å². The van der Waals surface area contributed by atoms with E-state index in [1.807, 2.05) is 20.8 Å². The molecule has 0 fully saturated rings. The lowest BCUT2D eigenvalue weighted by molar-refractivity contribution is -0.118. The zero-order valence-electron chi connectivity index (χ0n) is 9.02. The monoisotopic (exact) mass is 183 g/mol. The Morgan fingerprint density at radius 3 is 2.54 bits per heavy atom. The van der Waals surface area contributed by atoms with Crippen molar-refractivity contribution in [2.24, 2.45) is 0 Å². The molecular formula is C11H21NO. The molecular weight excluding hydrogens is 162 g/mol. The number of rotatable bonds is 7. The highest BCUT2D eigenvalue weighted by molar-refractivity contribution is 5.81. The highest BCUT2D eigenvalue weighted by atomic mass is 16.1. The Balaban J connectivity index is 3.67. The quantitative estimate of drug-likeness (QED) is 0.614. The SMILES string of the molecule is C=C(CC)CC(=O)CC(C)NCC. The average Bonchev–Trinajstić information content (AvgIpc) is 2.04. The van der Waals surface area contributed by atoms with Crippen molar-refractivity contribution < 1.29 is 4.79 Å². The van der Waals surface area contributed by atoms with Crippen LogP contribution in [0.5, 0.6) is 0 Å². The van der Waals surface area contributed by atoms with E-state index in [0.29, 0.717) is 24.7 Å². The molecule has 0 amide bonds. The highest BCUT2D eigenvalue weighted by Gasteiger charge is 2.08. The number of ketones is 1. The maximum absolute atomic E-state index is 11.4. The second kappa shape index (κ2) is 6.84. The first-order chi connectivity index (χ1) is 6.10. The lowest BCUT2D eigenvalue weighted by Gasteiger charge is -2.11. The first-order valence-corrected chi connectivity index (χ1v) is 5.01. The molecule has 0 radical (unpaired) electrons. The minimum atomic E-state index is 0.292. The van der Waals surface area contributed by atoms with Gasteiger partial charge in [0.15, 0.2) is 0 Å². The molecule has 0 aromatic rings. The van der Waals surface area contributed by atoms with Crippen LogP contribution in [0.2, 0.25) is 0 Å².